The number of anilines is 2. The normalized spacial score (nSPS) is 14.6. The molecule has 0 bridgehead atoms. The summed E-state index contributed by atoms with van der Waals surface area (Å²) in [7, 11) is 0. The van der Waals surface area contributed by atoms with Crippen LogP contribution >= 0.6 is 0 Å². The molecule has 1 aliphatic heterocycles. The van der Waals surface area contributed by atoms with Gasteiger partial charge in [-0.15, -0.1) is 0 Å². The lowest BCUT2D eigenvalue weighted by Crippen LogP contribution is -2.41. The zero-order valence-corrected chi connectivity index (χ0v) is 15.1. The molecular formula is C23H18N2O3. The lowest BCUT2D eigenvalue weighted by Gasteiger charge is -2.27. The predicted molar refractivity (Wildman–Crippen MR) is 107 cm³/mol. The topological polar surface area (TPSA) is 57.7 Å². The number of carbonyl (C=O) groups excluding carboxylic acids is 3. The Bertz CT molecular complexity index is 946. The van der Waals surface area contributed by atoms with Crippen molar-refractivity contribution in [1.82, 2.24) is 0 Å². The first kappa shape index (κ1) is 17.7. The van der Waals surface area contributed by atoms with E-state index in [1.54, 1.807) is 72.8 Å². The molecule has 138 valence electrons. The van der Waals surface area contributed by atoms with Gasteiger partial charge in [-0.25, -0.2) is 10.0 Å². The number of amides is 2. The minimum atomic E-state index is -1.05. The second kappa shape index (κ2) is 7.48. The molecule has 0 radical (unpaired) electrons. The van der Waals surface area contributed by atoms with Crippen LogP contribution in [-0.2, 0) is 9.59 Å². The monoisotopic (exact) mass is 370 g/mol. The van der Waals surface area contributed by atoms with Crippen LogP contribution in [-0.4, -0.2) is 17.6 Å². The summed E-state index contributed by atoms with van der Waals surface area (Å²) < 4.78 is 0. The number of para-hydroxylation sites is 2. The molecule has 28 heavy (non-hydrogen) atoms. The first-order valence-corrected chi connectivity index (χ1v) is 9.03. The highest BCUT2D eigenvalue weighted by Gasteiger charge is 2.47. The Morgan fingerprint density at radius 2 is 1.04 bits per heavy atom. The van der Waals surface area contributed by atoms with Gasteiger partial charge in [-0.3, -0.25) is 14.4 Å². The van der Waals surface area contributed by atoms with Crippen molar-refractivity contribution in [2.75, 3.05) is 10.0 Å². The largest absolute Gasteiger partial charge is 0.294 e. The van der Waals surface area contributed by atoms with E-state index < -0.39 is 17.7 Å². The van der Waals surface area contributed by atoms with E-state index >= 15 is 0 Å². The standard InChI is InChI=1S/C23H18N2O3/c26-21(17-10-4-1-5-11-17)16-20-22(27)24(18-12-6-2-7-13-18)25(23(20)28)19-14-8-3-9-15-19/h1-15,20H,16H2. The summed E-state index contributed by atoms with van der Waals surface area (Å²) in [6, 6.07) is 26.7. The lowest BCUT2D eigenvalue weighted by molar-refractivity contribution is -0.126. The summed E-state index contributed by atoms with van der Waals surface area (Å²) in [6.45, 7) is 0. The molecule has 3 aromatic rings. The molecule has 0 spiro atoms. The summed E-state index contributed by atoms with van der Waals surface area (Å²) in [5.74, 6) is -2.07. The summed E-state index contributed by atoms with van der Waals surface area (Å²) >= 11 is 0. The first-order valence-electron chi connectivity index (χ1n) is 9.03. The number of benzene rings is 3. The third-order valence-electron chi connectivity index (χ3n) is 4.70. The number of ketones is 1. The van der Waals surface area contributed by atoms with Crippen molar-refractivity contribution in [1.29, 1.82) is 0 Å². The van der Waals surface area contributed by atoms with Crippen molar-refractivity contribution >= 4 is 29.0 Å². The minimum absolute atomic E-state index is 0.158. The van der Waals surface area contributed by atoms with Crippen LogP contribution in [0, 0.1) is 5.92 Å². The zero-order valence-electron chi connectivity index (χ0n) is 15.1. The summed E-state index contributed by atoms with van der Waals surface area (Å²) in [4.78, 5) is 39.0. The van der Waals surface area contributed by atoms with Gasteiger partial charge in [0.15, 0.2) is 5.78 Å². The maximum Gasteiger partial charge on any atom is 0.259 e. The number of carbonyl (C=O) groups is 3. The molecule has 5 heteroatoms. The van der Waals surface area contributed by atoms with Crippen molar-refractivity contribution in [2.24, 2.45) is 5.92 Å². The number of rotatable bonds is 5. The number of hydrogen-bond donors (Lipinski definition) is 0. The molecule has 3 aromatic carbocycles. The Labute approximate surface area is 162 Å². The Morgan fingerprint density at radius 1 is 0.643 bits per heavy atom. The first-order chi connectivity index (χ1) is 13.7. The fraction of sp³-hybridized carbons (Fsp3) is 0.0870. The summed E-state index contributed by atoms with van der Waals surface area (Å²) in [5.41, 5.74) is 1.66. The van der Waals surface area contributed by atoms with Gasteiger partial charge < -0.3 is 0 Å². The van der Waals surface area contributed by atoms with Crippen molar-refractivity contribution in [3.63, 3.8) is 0 Å². The molecule has 4 rings (SSSR count). The van der Waals surface area contributed by atoms with Crippen LogP contribution in [0.3, 0.4) is 0 Å². The van der Waals surface area contributed by atoms with E-state index in [0.29, 0.717) is 16.9 Å². The van der Waals surface area contributed by atoms with Gasteiger partial charge in [0.25, 0.3) is 11.8 Å². The average molecular weight is 370 g/mol. The van der Waals surface area contributed by atoms with Gasteiger partial charge in [0, 0.05) is 12.0 Å². The van der Waals surface area contributed by atoms with Gasteiger partial charge in [0.05, 0.1) is 11.4 Å². The molecule has 1 saturated heterocycles. The maximum atomic E-state index is 13.2. The highest BCUT2D eigenvalue weighted by atomic mass is 16.2. The third kappa shape index (κ3) is 3.18. The van der Waals surface area contributed by atoms with Crippen LogP contribution in [0.2, 0.25) is 0 Å². The molecule has 0 unspecified atom stereocenters. The lowest BCUT2D eigenvalue weighted by atomic mass is 9.97. The van der Waals surface area contributed by atoms with Crippen molar-refractivity contribution in [3.05, 3.63) is 96.6 Å². The summed E-state index contributed by atoms with van der Waals surface area (Å²) in [5, 5.41) is 2.72. The average Bonchev–Trinajstić information content (AvgIpc) is 3.00. The molecule has 5 nitrogen and oxygen atoms in total. The van der Waals surface area contributed by atoms with Crippen LogP contribution in [0.15, 0.2) is 91.0 Å². The van der Waals surface area contributed by atoms with Crippen molar-refractivity contribution < 1.29 is 14.4 Å². The van der Waals surface area contributed by atoms with E-state index in [1.807, 2.05) is 18.2 Å². The Morgan fingerprint density at radius 3 is 1.46 bits per heavy atom. The van der Waals surface area contributed by atoms with E-state index in [2.05, 4.69) is 0 Å². The molecule has 1 aliphatic rings. The number of nitrogens with zero attached hydrogens (tertiary/aromatic N) is 2. The number of hydrazine groups is 1. The summed E-state index contributed by atoms with van der Waals surface area (Å²) in [6.07, 6.45) is -0.158. The minimum Gasteiger partial charge on any atom is -0.294 e. The third-order valence-corrected chi connectivity index (χ3v) is 4.70. The smallest absolute Gasteiger partial charge is 0.259 e. The molecule has 0 atom stereocenters. The quantitative estimate of drug-likeness (QED) is 0.506. The Balaban J connectivity index is 1.70. The van der Waals surface area contributed by atoms with Crippen molar-refractivity contribution in [3.8, 4) is 0 Å². The van der Waals surface area contributed by atoms with Gasteiger partial charge in [-0.05, 0) is 24.3 Å². The highest BCUT2D eigenvalue weighted by Crippen LogP contribution is 2.33. The van der Waals surface area contributed by atoms with Crippen LogP contribution in [0.1, 0.15) is 16.8 Å². The van der Waals surface area contributed by atoms with Gasteiger partial charge in [0.1, 0.15) is 5.92 Å². The molecular weight excluding hydrogens is 352 g/mol. The maximum absolute atomic E-state index is 13.2. The Kier molecular flexibility index (Phi) is 4.72. The predicted octanol–water partition coefficient (Wildman–Crippen LogP) is 3.87. The number of hydrogen-bond acceptors (Lipinski definition) is 3. The van der Waals surface area contributed by atoms with Gasteiger partial charge in [-0.1, -0.05) is 66.7 Å². The van der Waals surface area contributed by atoms with E-state index in [9.17, 15) is 14.4 Å². The van der Waals surface area contributed by atoms with Crippen LogP contribution in [0.5, 0.6) is 0 Å². The van der Waals surface area contributed by atoms with Gasteiger partial charge >= 0.3 is 0 Å². The second-order valence-corrected chi connectivity index (χ2v) is 6.52. The van der Waals surface area contributed by atoms with Gasteiger partial charge in [-0.2, -0.15) is 0 Å². The second-order valence-electron chi connectivity index (χ2n) is 6.52. The van der Waals surface area contributed by atoms with Crippen LogP contribution in [0.4, 0.5) is 11.4 Å². The van der Waals surface area contributed by atoms with Crippen LogP contribution in [0.25, 0.3) is 0 Å². The molecule has 0 aromatic heterocycles. The van der Waals surface area contributed by atoms with E-state index in [0.717, 1.165) is 0 Å². The molecule has 0 saturated carbocycles. The molecule has 1 heterocycles. The molecule has 0 N–H and O–H groups in total. The van der Waals surface area contributed by atoms with Crippen molar-refractivity contribution in [2.45, 2.75) is 6.42 Å². The Hall–Kier alpha value is -3.73. The van der Waals surface area contributed by atoms with E-state index in [-0.39, 0.29) is 12.2 Å². The fourth-order valence-corrected chi connectivity index (χ4v) is 3.32. The SMILES string of the molecule is O=C(CC1C(=O)N(c2ccccc2)N(c2ccccc2)C1=O)c1ccccc1. The molecule has 1 fully saturated rings. The zero-order chi connectivity index (χ0) is 19.5. The highest BCUT2D eigenvalue weighted by molar-refractivity contribution is 6.24. The number of Topliss-reactive ketones (excluding diaryl/α,β-unsaturated/α-hetero) is 1. The fourth-order valence-electron chi connectivity index (χ4n) is 3.32. The van der Waals surface area contributed by atoms with E-state index in [1.165, 1.54) is 10.0 Å². The molecule has 2 amide bonds. The van der Waals surface area contributed by atoms with Crippen LogP contribution < -0.4 is 10.0 Å². The molecule has 0 aliphatic carbocycles. The van der Waals surface area contributed by atoms with E-state index in [4.69, 9.17) is 0 Å². The van der Waals surface area contributed by atoms with Gasteiger partial charge in [0.2, 0.25) is 0 Å².